The molecule has 0 spiro atoms. The quantitative estimate of drug-likeness (QED) is 0.849. The summed E-state index contributed by atoms with van der Waals surface area (Å²) in [7, 11) is 2.21. The topological polar surface area (TPSA) is 34.0 Å². The Bertz CT molecular complexity index is 623. The van der Waals surface area contributed by atoms with Crippen LogP contribution in [0.15, 0.2) is 18.3 Å². The van der Waals surface area contributed by atoms with E-state index in [9.17, 15) is 0 Å². The SMILES string of the molecule is CN1CCCC(n2c(CC(C)(C)C)nc3cccnc32)C1. The Labute approximate surface area is 127 Å². The Morgan fingerprint density at radius 2 is 2.14 bits per heavy atom. The van der Waals surface area contributed by atoms with Gasteiger partial charge in [-0.15, -0.1) is 0 Å². The zero-order valence-electron chi connectivity index (χ0n) is 13.6. The molecule has 21 heavy (non-hydrogen) atoms. The molecule has 1 aliphatic heterocycles. The van der Waals surface area contributed by atoms with Gasteiger partial charge in [0.05, 0.1) is 0 Å². The van der Waals surface area contributed by atoms with Crippen molar-refractivity contribution in [3.63, 3.8) is 0 Å². The van der Waals surface area contributed by atoms with Crippen molar-refractivity contribution in [3.8, 4) is 0 Å². The highest BCUT2D eigenvalue weighted by atomic mass is 15.2. The first-order valence-electron chi connectivity index (χ1n) is 7.94. The average Bonchev–Trinajstić information content (AvgIpc) is 2.74. The lowest BCUT2D eigenvalue weighted by molar-refractivity contribution is 0.209. The molecule has 3 heterocycles. The van der Waals surface area contributed by atoms with Gasteiger partial charge < -0.3 is 9.47 Å². The lowest BCUT2D eigenvalue weighted by Gasteiger charge is -2.32. The molecule has 0 bridgehead atoms. The second-order valence-electron chi connectivity index (χ2n) is 7.54. The van der Waals surface area contributed by atoms with Crippen LogP contribution < -0.4 is 0 Å². The molecule has 0 aromatic carbocycles. The maximum atomic E-state index is 4.88. The van der Waals surface area contributed by atoms with Gasteiger partial charge in [-0.3, -0.25) is 0 Å². The van der Waals surface area contributed by atoms with Crippen molar-refractivity contribution in [1.82, 2.24) is 19.4 Å². The highest BCUT2D eigenvalue weighted by Gasteiger charge is 2.26. The molecule has 114 valence electrons. The van der Waals surface area contributed by atoms with E-state index in [1.54, 1.807) is 0 Å². The number of piperidine rings is 1. The number of likely N-dealkylation sites (N-methyl/N-ethyl adjacent to an activating group) is 1. The summed E-state index contributed by atoms with van der Waals surface area (Å²) in [5.74, 6) is 1.19. The van der Waals surface area contributed by atoms with E-state index < -0.39 is 0 Å². The second kappa shape index (κ2) is 5.41. The van der Waals surface area contributed by atoms with Crippen molar-refractivity contribution in [3.05, 3.63) is 24.2 Å². The van der Waals surface area contributed by atoms with Crippen molar-refractivity contribution < 1.29 is 0 Å². The molecule has 0 amide bonds. The van der Waals surface area contributed by atoms with Crippen molar-refractivity contribution in [1.29, 1.82) is 0 Å². The van der Waals surface area contributed by atoms with E-state index in [2.05, 4.69) is 48.3 Å². The zero-order chi connectivity index (χ0) is 15.0. The Morgan fingerprint density at radius 3 is 2.86 bits per heavy atom. The van der Waals surface area contributed by atoms with Gasteiger partial charge in [-0.2, -0.15) is 0 Å². The summed E-state index contributed by atoms with van der Waals surface area (Å²) in [4.78, 5) is 11.9. The van der Waals surface area contributed by atoms with Crippen molar-refractivity contribution in [2.75, 3.05) is 20.1 Å². The third kappa shape index (κ3) is 3.10. The summed E-state index contributed by atoms with van der Waals surface area (Å²) in [5, 5.41) is 0. The van der Waals surface area contributed by atoms with Crippen LogP contribution in [0.3, 0.4) is 0 Å². The Morgan fingerprint density at radius 1 is 1.33 bits per heavy atom. The third-order valence-electron chi connectivity index (χ3n) is 4.18. The molecule has 1 fully saturated rings. The Hall–Kier alpha value is -1.42. The van der Waals surface area contributed by atoms with Crippen LogP contribution in [-0.4, -0.2) is 39.6 Å². The average molecular weight is 286 g/mol. The van der Waals surface area contributed by atoms with E-state index in [1.807, 2.05) is 12.3 Å². The molecule has 0 N–H and O–H groups in total. The highest BCUT2D eigenvalue weighted by Crippen LogP contribution is 2.29. The standard InChI is InChI=1S/C17H26N4/c1-17(2,3)11-15-19-14-8-5-9-18-16(14)21(15)13-7-6-10-20(4)12-13/h5,8-9,13H,6-7,10-12H2,1-4H3. The monoisotopic (exact) mass is 286 g/mol. The number of imidazole rings is 1. The fourth-order valence-electron chi connectivity index (χ4n) is 3.31. The molecular formula is C17H26N4. The minimum Gasteiger partial charge on any atom is -0.308 e. The van der Waals surface area contributed by atoms with Crippen LogP contribution in [0, 0.1) is 5.41 Å². The van der Waals surface area contributed by atoms with E-state index in [1.165, 1.54) is 25.2 Å². The van der Waals surface area contributed by atoms with Gasteiger partial charge in [-0.05, 0) is 44.0 Å². The lowest BCUT2D eigenvalue weighted by Crippen LogP contribution is -2.34. The number of fused-ring (bicyclic) bond motifs is 1. The van der Waals surface area contributed by atoms with Crippen LogP contribution in [-0.2, 0) is 6.42 Å². The zero-order valence-corrected chi connectivity index (χ0v) is 13.6. The smallest absolute Gasteiger partial charge is 0.160 e. The molecule has 1 unspecified atom stereocenters. The van der Waals surface area contributed by atoms with Crippen molar-refractivity contribution in [2.45, 2.75) is 46.1 Å². The summed E-state index contributed by atoms with van der Waals surface area (Å²) in [6.07, 6.45) is 5.35. The number of pyridine rings is 1. The van der Waals surface area contributed by atoms with E-state index >= 15 is 0 Å². The minimum atomic E-state index is 0.236. The Kier molecular flexibility index (Phi) is 3.74. The van der Waals surface area contributed by atoms with Gasteiger partial charge in [0.25, 0.3) is 0 Å². The molecule has 1 saturated heterocycles. The lowest BCUT2D eigenvalue weighted by atomic mass is 9.91. The number of aromatic nitrogens is 3. The molecule has 3 rings (SSSR count). The normalized spacial score (nSPS) is 21.0. The number of hydrogen-bond donors (Lipinski definition) is 0. The first-order chi connectivity index (χ1) is 9.94. The predicted molar refractivity (Wildman–Crippen MR) is 86.5 cm³/mol. The number of likely N-dealkylation sites (tertiary alicyclic amines) is 1. The molecule has 4 heteroatoms. The summed E-state index contributed by atoms with van der Waals surface area (Å²) >= 11 is 0. The van der Waals surface area contributed by atoms with E-state index in [4.69, 9.17) is 4.98 Å². The third-order valence-corrected chi connectivity index (χ3v) is 4.18. The van der Waals surface area contributed by atoms with Crippen LogP contribution in [0.25, 0.3) is 11.2 Å². The van der Waals surface area contributed by atoms with Crippen LogP contribution in [0.2, 0.25) is 0 Å². The molecule has 1 aliphatic rings. The fourth-order valence-corrected chi connectivity index (χ4v) is 3.31. The fraction of sp³-hybridized carbons (Fsp3) is 0.647. The first kappa shape index (κ1) is 14.5. The first-order valence-corrected chi connectivity index (χ1v) is 7.94. The van der Waals surface area contributed by atoms with Gasteiger partial charge in [0.2, 0.25) is 0 Å². The van der Waals surface area contributed by atoms with E-state index in [0.717, 1.165) is 24.1 Å². The van der Waals surface area contributed by atoms with Gasteiger partial charge in [-0.1, -0.05) is 20.8 Å². The van der Waals surface area contributed by atoms with Gasteiger partial charge in [-0.25, -0.2) is 9.97 Å². The van der Waals surface area contributed by atoms with Gasteiger partial charge >= 0.3 is 0 Å². The summed E-state index contributed by atoms with van der Waals surface area (Å²) < 4.78 is 2.41. The number of hydrogen-bond acceptors (Lipinski definition) is 3. The highest BCUT2D eigenvalue weighted by molar-refractivity contribution is 5.71. The van der Waals surface area contributed by atoms with Crippen molar-refractivity contribution in [2.24, 2.45) is 5.41 Å². The van der Waals surface area contributed by atoms with Crippen LogP contribution in [0.5, 0.6) is 0 Å². The number of nitrogens with zero attached hydrogens (tertiary/aromatic N) is 4. The molecule has 4 nitrogen and oxygen atoms in total. The maximum absolute atomic E-state index is 4.88. The molecule has 1 atom stereocenters. The molecule has 0 radical (unpaired) electrons. The maximum Gasteiger partial charge on any atom is 0.160 e. The summed E-state index contributed by atoms with van der Waals surface area (Å²) in [5.41, 5.74) is 2.32. The summed E-state index contributed by atoms with van der Waals surface area (Å²) in [6, 6.07) is 4.56. The minimum absolute atomic E-state index is 0.236. The predicted octanol–water partition coefficient (Wildman–Crippen LogP) is 3.29. The Balaban J connectivity index is 2.06. The van der Waals surface area contributed by atoms with E-state index in [-0.39, 0.29) is 5.41 Å². The molecule has 0 aliphatic carbocycles. The van der Waals surface area contributed by atoms with Gasteiger partial charge in [0.15, 0.2) is 5.65 Å². The molecular weight excluding hydrogens is 260 g/mol. The van der Waals surface area contributed by atoms with E-state index in [0.29, 0.717) is 6.04 Å². The van der Waals surface area contributed by atoms with Crippen LogP contribution >= 0.6 is 0 Å². The molecule has 0 saturated carbocycles. The van der Waals surface area contributed by atoms with Gasteiger partial charge in [0.1, 0.15) is 11.3 Å². The number of rotatable bonds is 2. The van der Waals surface area contributed by atoms with Crippen molar-refractivity contribution >= 4 is 11.2 Å². The molecule has 2 aromatic rings. The van der Waals surface area contributed by atoms with Gasteiger partial charge in [0, 0.05) is 25.2 Å². The van der Waals surface area contributed by atoms with Crippen LogP contribution in [0.4, 0.5) is 0 Å². The second-order valence-corrected chi connectivity index (χ2v) is 7.54. The largest absolute Gasteiger partial charge is 0.308 e. The summed E-state index contributed by atoms with van der Waals surface area (Å²) in [6.45, 7) is 9.12. The molecule has 2 aromatic heterocycles. The van der Waals surface area contributed by atoms with Crippen LogP contribution in [0.1, 0.15) is 45.5 Å².